The van der Waals surface area contributed by atoms with Crippen LogP contribution >= 0.6 is 0 Å². The fraction of sp³-hybridized carbons (Fsp3) is 0.385. The fourth-order valence-electron chi connectivity index (χ4n) is 1.98. The molecule has 0 fully saturated rings. The highest BCUT2D eigenvalue weighted by Crippen LogP contribution is 2.22. The number of carbonyl (C=O) groups is 1. The monoisotopic (exact) mass is 201 g/mol. The van der Waals surface area contributed by atoms with E-state index in [1.54, 1.807) is 0 Å². The van der Waals surface area contributed by atoms with Crippen molar-refractivity contribution in [1.82, 2.24) is 4.98 Å². The molecule has 0 saturated carbocycles. The summed E-state index contributed by atoms with van der Waals surface area (Å²) in [6.45, 7) is 3.84. The molecule has 1 aromatic rings. The van der Waals surface area contributed by atoms with E-state index in [0.29, 0.717) is 0 Å². The van der Waals surface area contributed by atoms with Crippen molar-refractivity contribution in [1.29, 1.82) is 0 Å². The van der Waals surface area contributed by atoms with Crippen molar-refractivity contribution >= 4 is 5.78 Å². The Hall–Kier alpha value is -1.44. The zero-order valence-corrected chi connectivity index (χ0v) is 9.21. The molecule has 0 amide bonds. The van der Waals surface area contributed by atoms with Gasteiger partial charge >= 0.3 is 0 Å². The van der Waals surface area contributed by atoms with Gasteiger partial charge in [0.1, 0.15) is 0 Å². The molecule has 0 aromatic carbocycles. The Morgan fingerprint density at radius 2 is 2.13 bits per heavy atom. The van der Waals surface area contributed by atoms with Gasteiger partial charge in [0.15, 0.2) is 5.78 Å². The third kappa shape index (κ3) is 1.99. The summed E-state index contributed by atoms with van der Waals surface area (Å²) in [4.78, 5) is 16.4. The lowest BCUT2D eigenvalue weighted by atomic mass is 10.0. The van der Waals surface area contributed by atoms with E-state index in [1.807, 2.05) is 26.0 Å². The molecule has 0 saturated heterocycles. The summed E-state index contributed by atoms with van der Waals surface area (Å²) in [7, 11) is 0. The van der Waals surface area contributed by atoms with Crippen LogP contribution in [-0.4, -0.2) is 10.8 Å². The third-order valence-electron chi connectivity index (χ3n) is 2.80. The molecule has 1 heterocycles. The lowest BCUT2D eigenvalue weighted by molar-refractivity contribution is 0.103. The first-order valence-electron chi connectivity index (χ1n) is 5.36. The van der Waals surface area contributed by atoms with Gasteiger partial charge in [-0.1, -0.05) is 6.08 Å². The first-order chi connectivity index (χ1) is 7.18. The Balaban J connectivity index is 2.33. The quantitative estimate of drug-likeness (QED) is 0.688. The highest BCUT2D eigenvalue weighted by molar-refractivity contribution is 6.09. The second kappa shape index (κ2) is 3.97. The van der Waals surface area contributed by atoms with Crippen LogP contribution in [0.15, 0.2) is 23.8 Å². The SMILES string of the molecule is Cc1ccc(C(=O)C2=CCCC2)c(C)n1. The van der Waals surface area contributed by atoms with Crippen molar-refractivity contribution in [3.8, 4) is 0 Å². The minimum atomic E-state index is 0.164. The van der Waals surface area contributed by atoms with Crippen molar-refractivity contribution in [3.63, 3.8) is 0 Å². The van der Waals surface area contributed by atoms with Gasteiger partial charge in [-0.25, -0.2) is 0 Å². The third-order valence-corrected chi connectivity index (χ3v) is 2.80. The number of hydrogen-bond donors (Lipinski definition) is 0. The minimum absolute atomic E-state index is 0.164. The Morgan fingerprint density at radius 1 is 1.33 bits per heavy atom. The topological polar surface area (TPSA) is 30.0 Å². The summed E-state index contributed by atoms with van der Waals surface area (Å²) in [6.07, 6.45) is 5.13. The summed E-state index contributed by atoms with van der Waals surface area (Å²) in [6, 6.07) is 3.79. The van der Waals surface area contributed by atoms with Gasteiger partial charge in [-0.05, 0) is 50.8 Å². The van der Waals surface area contributed by atoms with Gasteiger partial charge in [-0.15, -0.1) is 0 Å². The molecule has 0 atom stereocenters. The molecule has 2 rings (SSSR count). The van der Waals surface area contributed by atoms with Crippen LogP contribution in [0.5, 0.6) is 0 Å². The average molecular weight is 201 g/mol. The molecule has 0 N–H and O–H groups in total. The van der Waals surface area contributed by atoms with Crippen LogP contribution in [0.3, 0.4) is 0 Å². The molecule has 1 aliphatic rings. The van der Waals surface area contributed by atoms with E-state index in [0.717, 1.165) is 41.8 Å². The number of carbonyl (C=O) groups excluding carboxylic acids is 1. The van der Waals surface area contributed by atoms with E-state index < -0.39 is 0 Å². The maximum absolute atomic E-state index is 12.1. The van der Waals surface area contributed by atoms with Gasteiger partial charge < -0.3 is 0 Å². The Morgan fingerprint density at radius 3 is 2.73 bits per heavy atom. The number of ketones is 1. The van der Waals surface area contributed by atoms with Crippen LogP contribution in [0.25, 0.3) is 0 Å². The summed E-state index contributed by atoms with van der Waals surface area (Å²) in [5, 5.41) is 0. The highest BCUT2D eigenvalue weighted by Gasteiger charge is 2.17. The van der Waals surface area contributed by atoms with Crippen molar-refractivity contribution in [2.45, 2.75) is 33.1 Å². The van der Waals surface area contributed by atoms with Gasteiger partial charge in [0.05, 0.1) is 0 Å². The van der Waals surface area contributed by atoms with Crippen LogP contribution in [0.1, 0.15) is 41.0 Å². The number of rotatable bonds is 2. The Kier molecular flexibility index (Phi) is 2.67. The van der Waals surface area contributed by atoms with Crippen molar-refractivity contribution < 1.29 is 4.79 Å². The summed E-state index contributed by atoms with van der Waals surface area (Å²) >= 11 is 0. The van der Waals surface area contributed by atoms with Crippen molar-refractivity contribution in [2.75, 3.05) is 0 Å². The molecule has 0 spiro atoms. The molecule has 2 heteroatoms. The van der Waals surface area contributed by atoms with Crippen LogP contribution in [0, 0.1) is 13.8 Å². The molecule has 0 radical (unpaired) electrons. The van der Waals surface area contributed by atoms with Gasteiger partial charge in [0, 0.05) is 17.0 Å². The van der Waals surface area contributed by atoms with E-state index in [4.69, 9.17) is 0 Å². The summed E-state index contributed by atoms with van der Waals surface area (Å²) in [5.41, 5.74) is 3.52. The van der Waals surface area contributed by atoms with E-state index in [2.05, 4.69) is 11.1 Å². The van der Waals surface area contributed by atoms with Gasteiger partial charge in [0.25, 0.3) is 0 Å². The van der Waals surface area contributed by atoms with Gasteiger partial charge in [-0.3, -0.25) is 9.78 Å². The van der Waals surface area contributed by atoms with Crippen molar-refractivity contribution in [2.24, 2.45) is 0 Å². The number of pyridine rings is 1. The standard InChI is InChI=1S/C13H15NO/c1-9-7-8-12(10(2)14-9)13(15)11-5-3-4-6-11/h5,7-8H,3-4,6H2,1-2H3. The fourth-order valence-corrected chi connectivity index (χ4v) is 1.98. The smallest absolute Gasteiger partial charge is 0.190 e. The second-order valence-electron chi connectivity index (χ2n) is 4.04. The number of hydrogen-bond acceptors (Lipinski definition) is 2. The average Bonchev–Trinajstić information content (AvgIpc) is 2.69. The maximum atomic E-state index is 12.1. The maximum Gasteiger partial charge on any atom is 0.190 e. The molecule has 0 aliphatic heterocycles. The zero-order valence-electron chi connectivity index (χ0n) is 9.21. The first kappa shape index (κ1) is 10.1. The lowest BCUT2D eigenvalue weighted by Crippen LogP contribution is -2.05. The predicted octanol–water partition coefficient (Wildman–Crippen LogP) is 2.99. The summed E-state index contributed by atoms with van der Waals surface area (Å²) < 4.78 is 0. The number of Topliss-reactive ketones (excluding diaryl/α,β-unsaturated/α-hetero) is 1. The van der Waals surface area contributed by atoms with E-state index in [9.17, 15) is 4.79 Å². The van der Waals surface area contributed by atoms with E-state index in [-0.39, 0.29) is 5.78 Å². The molecular weight excluding hydrogens is 186 g/mol. The molecular formula is C13H15NO. The molecule has 2 nitrogen and oxygen atoms in total. The largest absolute Gasteiger partial charge is 0.289 e. The van der Waals surface area contributed by atoms with Crippen LogP contribution in [-0.2, 0) is 0 Å². The van der Waals surface area contributed by atoms with Crippen LogP contribution in [0.4, 0.5) is 0 Å². The highest BCUT2D eigenvalue weighted by atomic mass is 16.1. The number of aromatic nitrogens is 1. The number of nitrogens with zero attached hydrogens (tertiary/aromatic N) is 1. The lowest BCUT2D eigenvalue weighted by Gasteiger charge is -2.05. The van der Waals surface area contributed by atoms with Gasteiger partial charge in [-0.2, -0.15) is 0 Å². The molecule has 15 heavy (non-hydrogen) atoms. The van der Waals surface area contributed by atoms with Gasteiger partial charge in [0.2, 0.25) is 0 Å². The molecule has 1 aromatic heterocycles. The Bertz CT molecular complexity index is 432. The van der Waals surface area contributed by atoms with Crippen molar-refractivity contribution in [3.05, 3.63) is 40.7 Å². The van der Waals surface area contributed by atoms with Crippen LogP contribution in [0.2, 0.25) is 0 Å². The van der Waals surface area contributed by atoms with E-state index in [1.165, 1.54) is 0 Å². The molecule has 78 valence electrons. The normalized spacial score (nSPS) is 15.2. The second-order valence-corrected chi connectivity index (χ2v) is 4.04. The zero-order chi connectivity index (χ0) is 10.8. The number of allylic oxidation sites excluding steroid dienone is 2. The first-order valence-corrected chi connectivity index (χ1v) is 5.36. The molecule has 0 unspecified atom stereocenters. The molecule has 0 bridgehead atoms. The summed E-state index contributed by atoms with van der Waals surface area (Å²) in [5.74, 6) is 0.164. The minimum Gasteiger partial charge on any atom is -0.289 e. The molecule has 1 aliphatic carbocycles. The predicted molar refractivity (Wildman–Crippen MR) is 60.0 cm³/mol. The van der Waals surface area contributed by atoms with Crippen LogP contribution < -0.4 is 0 Å². The Labute approximate surface area is 90.0 Å². The van der Waals surface area contributed by atoms with E-state index >= 15 is 0 Å². The number of aryl methyl sites for hydroxylation is 2.